The largest absolute Gasteiger partial charge is 0.381 e. The lowest BCUT2D eigenvalue weighted by Gasteiger charge is -2.11. The molecule has 0 spiro atoms. The van der Waals surface area contributed by atoms with Crippen molar-refractivity contribution < 1.29 is 13.2 Å². The standard InChI is InChI=1S/C9H17N3O3S/c1-3-15-6-7-16(13,14)12-8(2)9-10-4-5-11-9/h4-5,8,12H,3,6-7H2,1-2H3,(H,10,11). The van der Waals surface area contributed by atoms with Crippen molar-refractivity contribution >= 4 is 10.0 Å². The van der Waals surface area contributed by atoms with E-state index in [1.54, 1.807) is 19.3 Å². The third-order valence-electron chi connectivity index (χ3n) is 1.99. The number of aromatic nitrogens is 2. The Hall–Kier alpha value is -0.920. The molecule has 1 atom stereocenters. The van der Waals surface area contributed by atoms with Crippen molar-refractivity contribution in [2.24, 2.45) is 0 Å². The first kappa shape index (κ1) is 13.1. The summed E-state index contributed by atoms with van der Waals surface area (Å²) in [4.78, 5) is 6.84. The van der Waals surface area contributed by atoms with Crippen molar-refractivity contribution in [3.8, 4) is 0 Å². The average Bonchev–Trinajstić information content (AvgIpc) is 2.69. The van der Waals surface area contributed by atoms with E-state index in [0.29, 0.717) is 12.4 Å². The van der Waals surface area contributed by atoms with E-state index in [9.17, 15) is 8.42 Å². The van der Waals surface area contributed by atoms with Gasteiger partial charge in [0.1, 0.15) is 5.82 Å². The summed E-state index contributed by atoms with van der Waals surface area (Å²) in [6, 6.07) is -0.360. The van der Waals surface area contributed by atoms with Gasteiger partial charge in [0.2, 0.25) is 10.0 Å². The van der Waals surface area contributed by atoms with Crippen molar-refractivity contribution in [2.75, 3.05) is 19.0 Å². The predicted octanol–water partition coefficient (Wildman–Crippen LogP) is 0.427. The van der Waals surface area contributed by atoms with Gasteiger partial charge in [-0.25, -0.2) is 18.1 Å². The van der Waals surface area contributed by atoms with E-state index in [1.165, 1.54) is 0 Å². The zero-order valence-corrected chi connectivity index (χ0v) is 10.3. The van der Waals surface area contributed by atoms with Crippen molar-refractivity contribution in [2.45, 2.75) is 19.9 Å². The molecule has 0 aliphatic rings. The van der Waals surface area contributed by atoms with Gasteiger partial charge in [-0.2, -0.15) is 0 Å². The lowest BCUT2D eigenvalue weighted by atomic mass is 10.3. The molecule has 7 heteroatoms. The van der Waals surface area contributed by atoms with E-state index in [1.807, 2.05) is 6.92 Å². The number of imidazole rings is 1. The second-order valence-corrected chi connectivity index (χ2v) is 5.20. The monoisotopic (exact) mass is 247 g/mol. The third kappa shape index (κ3) is 4.30. The molecule has 0 aliphatic carbocycles. The van der Waals surface area contributed by atoms with Crippen LogP contribution in [0, 0.1) is 0 Å². The van der Waals surface area contributed by atoms with Crippen molar-refractivity contribution in [3.05, 3.63) is 18.2 Å². The Morgan fingerprint density at radius 3 is 2.94 bits per heavy atom. The Morgan fingerprint density at radius 2 is 2.38 bits per heavy atom. The molecule has 1 aromatic heterocycles. The topological polar surface area (TPSA) is 84.1 Å². The molecule has 0 bridgehead atoms. The summed E-state index contributed by atoms with van der Waals surface area (Å²) in [7, 11) is -3.31. The molecule has 0 saturated carbocycles. The first-order chi connectivity index (χ1) is 7.55. The van der Waals surface area contributed by atoms with Crippen LogP contribution in [0.5, 0.6) is 0 Å². The van der Waals surface area contributed by atoms with Gasteiger partial charge in [-0.3, -0.25) is 0 Å². The van der Waals surface area contributed by atoms with Crippen LogP contribution < -0.4 is 4.72 Å². The number of hydrogen-bond acceptors (Lipinski definition) is 4. The number of ether oxygens (including phenoxy) is 1. The summed E-state index contributed by atoms with van der Waals surface area (Å²) in [6.45, 7) is 4.28. The molecule has 16 heavy (non-hydrogen) atoms. The quantitative estimate of drug-likeness (QED) is 0.684. The van der Waals surface area contributed by atoms with E-state index in [0.717, 1.165) is 0 Å². The third-order valence-corrected chi connectivity index (χ3v) is 3.40. The summed E-state index contributed by atoms with van der Waals surface area (Å²) in [5.74, 6) is 0.561. The highest BCUT2D eigenvalue weighted by molar-refractivity contribution is 7.89. The number of nitrogens with zero attached hydrogens (tertiary/aromatic N) is 1. The van der Waals surface area contributed by atoms with E-state index in [2.05, 4.69) is 14.7 Å². The lowest BCUT2D eigenvalue weighted by Crippen LogP contribution is -2.31. The van der Waals surface area contributed by atoms with Crippen molar-refractivity contribution in [1.82, 2.24) is 14.7 Å². The maximum Gasteiger partial charge on any atom is 0.214 e. The molecule has 1 heterocycles. The van der Waals surface area contributed by atoms with Crippen molar-refractivity contribution in [3.63, 3.8) is 0 Å². The Balaban J connectivity index is 2.46. The Bertz CT molecular complexity index is 388. The molecule has 0 aliphatic heterocycles. The van der Waals surface area contributed by atoms with Gasteiger partial charge in [0, 0.05) is 19.0 Å². The zero-order valence-electron chi connectivity index (χ0n) is 9.43. The summed E-state index contributed by atoms with van der Waals surface area (Å²) < 4.78 is 30.7. The fraction of sp³-hybridized carbons (Fsp3) is 0.667. The van der Waals surface area contributed by atoms with Crippen LogP contribution in [0.3, 0.4) is 0 Å². The van der Waals surface area contributed by atoms with Gasteiger partial charge in [-0.1, -0.05) is 0 Å². The zero-order chi connectivity index (χ0) is 12.0. The average molecular weight is 247 g/mol. The maximum atomic E-state index is 11.6. The number of aromatic amines is 1. The number of sulfonamides is 1. The fourth-order valence-corrected chi connectivity index (χ4v) is 2.32. The molecule has 0 fully saturated rings. The second-order valence-electron chi connectivity index (χ2n) is 3.33. The van der Waals surface area contributed by atoms with Gasteiger partial charge in [0.05, 0.1) is 18.4 Å². The van der Waals surface area contributed by atoms with Gasteiger partial charge in [0.15, 0.2) is 0 Å². The lowest BCUT2D eigenvalue weighted by molar-refractivity contribution is 0.163. The van der Waals surface area contributed by atoms with Gasteiger partial charge in [-0.15, -0.1) is 0 Å². The normalized spacial score (nSPS) is 13.9. The molecule has 0 amide bonds. The smallest absolute Gasteiger partial charge is 0.214 e. The number of rotatable bonds is 7. The highest BCUT2D eigenvalue weighted by Crippen LogP contribution is 2.06. The van der Waals surface area contributed by atoms with E-state index >= 15 is 0 Å². The first-order valence-electron chi connectivity index (χ1n) is 5.12. The highest BCUT2D eigenvalue weighted by atomic mass is 32.2. The molecule has 0 saturated heterocycles. The van der Waals surface area contributed by atoms with Gasteiger partial charge < -0.3 is 9.72 Å². The fourth-order valence-electron chi connectivity index (χ4n) is 1.21. The van der Waals surface area contributed by atoms with Crippen LogP contribution in [-0.2, 0) is 14.8 Å². The summed E-state index contributed by atoms with van der Waals surface area (Å²) in [5.41, 5.74) is 0. The molecule has 1 unspecified atom stereocenters. The minimum absolute atomic E-state index is 0.0358. The predicted molar refractivity (Wildman–Crippen MR) is 60.4 cm³/mol. The molecule has 0 radical (unpaired) electrons. The molecule has 1 aromatic rings. The van der Waals surface area contributed by atoms with Crippen LogP contribution in [0.4, 0.5) is 0 Å². The molecule has 6 nitrogen and oxygen atoms in total. The Labute approximate surface area is 95.5 Å². The first-order valence-corrected chi connectivity index (χ1v) is 6.77. The summed E-state index contributed by atoms with van der Waals surface area (Å²) in [6.07, 6.45) is 3.24. The van der Waals surface area contributed by atoms with Gasteiger partial charge in [0.25, 0.3) is 0 Å². The van der Waals surface area contributed by atoms with Crippen LogP contribution in [-0.4, -0.2) is 37.4 Å². The summed E-state index contributed by atoms with van der Waals surface area (Å²) in [5, 5.41) is 0. The van der Waals surface area contributed by atoms with Crippen molar-refractivity contribution in [1.29, 1.82) is 0 Å². The molecule has 2 N–H and O–H groups in total. The molecule has 92 valence electrons. The van der Waals surface area contributed by atoms with E-state index < -0.39 is 10.0 Å². The molecular weight excluding hydrogens is 230 g/mol. The van der Waals surface area contributed by atoms with Crippen LogP contribution in [0.1, 0.15) is 25.7 Å². The molecule has 1 rings (SSSR count). The van der Waals surface area contributed by atoms with E-state index in [4.69, 9.17) is 4.74 Å². The van der Waals surface area contributed by atoms with Crippen LogP contribution >= 0.6 is 0 Å². The SMILES string of the molecule is CCOCCS(=O)(=O)NC(C)c1ncc[nH]1. The van der Waals surface area contributed by atoms with Gasteiger partial charge in [-0.05, 0) is 13.8 Å². The molecular formula is C9H17N3O3S. The van der Waals surface area contributed by atoms with Gasteiger partial charge >= 0.3 is 0 Å². The van der Waals surface area contributed by atoms with E-state index in [-0.39, 0.29) is 18.4 Å². The van der Waals surface area contributed by atoms with Crippen LogP contribution in [0.2, 0.25) is 0 Å². The highest BCUT2D eigenvalue weighted by Gasteiger charge is 2.16. The number of hydrogen-bond donors (Lipinski definition) is 2. The maximum absolute atomic E-state index is 11.6. The van der Waals surface area contributed by atoms with Crippen LogP contribution in [0.25, 0.3) is 0 Å². The van der Waals surface area contributed by atoms with Crippen LogP contribution in [0.15, 0.2) is 12.4 Å². The number of H-pyrrole nitrogens is 1. The summed E-state index contributed by atoms with van der Waals surface area (Å²) >= 11 is 0. The second kappa shape index (κ2) is 5.97. The Morgan fingerprint density at radius 1 is 1.62 bits per heavy atom. The Kier molecular flexibility index (Phi) is 4.91. The number of nitrogens with one attached hydrogen (secondary N) is 2. The molecule has 0 aromatic carbocycles. The minimum atomic E-state index is -3.31. The minimum Gasteiger partial charge on any atom is -0.381 e.